The maximum absolute atomic E-state index is 6.24. The Morgan fingerprint density at radius 2 is 2.04 bits per heavy atom. The zero-order valence-corrected chi connectivity index (χ0v) is 17.7. The summed E-state index contributed by atoms with van der Waals surface area (Å²) in [6, 6.07) is 2.77. The number of hydrogen-bond acceptors (Lipinski definition) is 7. The maximum Gasteiger partial charge on any atom is 0.224 e. The molecule has 1 atom stereocenters. The summed E-state index contributed by atoms with van der Waals surface area (Å²) in [5.74, 6) is 1.70. The summed E-state index contributed by atoms with van der Waals surface area (Å²) in [4.78, 5) is 15.1. The zero-order valence-electron chi connectivity index (χ0n) is 16.1. The molecule has 0 amide bonds. The average Bonchev–Trinajstić information content (AvgIpc) is 3.09. The van der Waals surface area contributed by atoms with E-state index in [0.717, 1.165) is 67.8 Å². The second kappa shape index (κ2) is 8.57. The Kier molecular flexibility index (Phi) is 6.14. The molecule has 2 aromatic heterocycles. The summed E-state index contributed by atoms with van der Waals surface area (Å²) >= 11 is 8.07. The van der Waals surface area contributed by atoms with Crippen LogP contribution in [0.3, 0.4) is 0 Å². The van der Waals surface area contributed by atoms with Gasteiger partial charge in [0, 0.05) is 24.0 Å². The SMILES string of the molecule is CN(C)C(Cc1cc2nc(Cl)nc(N3CCOCC3)c2s1)C1CCNCC1. The minimum Gasteiger partial charge on any atom is -0.378 e. The summed E-state index contributed by atoms with van der Waals surface area (Å²) < 4.78 is 6.64. The summed E-state index contributed by atoms with van der Waals surface area (Å²) in [6.07, 6.45) is 3.55. The Balaban J connectivity index is 1.62. The third-order valence-electron chi connectivity index (χ3n) is 5.69. The van der Waals surface area contributed by atoms with Crippen LogP contribution in [0.25, 0.3) is 10.2 Å². The minimum absolute atomic E-state index is 0.329. The van der Waals surface area contributed by atoms with Crippen LogP contribution in [0.2, 0.25) is 5.28 Å². The van der Waals surface area contributed by atoms with Crippen molar-refractivity contribution in [3.63, 3.8) is 0 Å². The van der Waals surface area contributed by atoms with Gasteiger partial charge in [-0.25, -0.2) is 4.98 Å². The summed E-state index contributed by atoms with van der Waals surface area (Å²) in [6.45, 7) is 5.43. The summed E-state index contributed by atoms with van der Waals surface area (Å²) in [5, 5.41) is 3.81. The van der Waals surface area contributed by atoms with Crippen LogP contribution in [0, 0.1) is 5.92 Å². The van der Waals surface area contributed by atoms with Crippen molar-refractivity contribution in [2.45, 2.75) is 25.3 Å². The number of piperidine rings is 1. The van der Waals surface area contributed by atoms with Gasteiger partial charge in [-0.2, -0.15) is 4.98 Å². The molecule has 2 fully saturated rings. The number of fused-ring (bicyclic) bond motifs is 1. The zero-order chi connectivity index (χ0) is 18.8. The number of nitrogens with zero attached hydrogens (tertiary/aromatic N) is 4. The van der Waals surface area contributed by atoms with Crippen LogP contribution in [0.15, 0.2) is 6.07 Å². The highest BCUT2D eigenvalue weighted by Crippen LogP contribution is 2.35. The van der Waals surface area contributed by atoms with Gasteiger partial charge in [0.1, 0.15) is 0 Å². The Bertz CT molecular complexity index is 771. The molecule has 2 saturated heterocycles. The van der Waals surface area contributed by atoms with Gasteiger partial charge in [-0.3, -0.25) is 0 Å². The monoisotopic (exact) mass is 409 g/mol. The van der Waals surface area contributed by atoms with Gasteiger partial charge in [0.2, 0.25) is 5.28 Å². The van der Waals surface area contributed by atoms with Gasteiger partial charge in [-0.1, -0.05) is 0 Å². The highest BCUT2D eigenvalue weighted by Gasteiger charge is 2.27. The van der Waals surface area contributed by atoms with E-state index < -0.39 is 0 Å². The first-order valence-corrected chi connectivity index (χ1v) is 11.0. The topological polar surface area (TPSA) is 53.5 Å². The number of aromatic nitrogens is 2. The van der Waals surface area contributed by atoms with Crippen molar-refractivity contribution in [3.05, 3.63) is 16.2 Å². The van der Waals surface area contributed by atoms with Crippen molar-refractivity contribution >= 4 is 39.0 Å². The Morgan fingerprint density at radius 3 is 2.74 bits per heavy atom. The molecule has 8 heteroatoms. The van der Waals surface area contributed by atoms with Crippen LogP contribution in [0.5, 0.6) is 0 Å². The van der Waals surface area contributed by atoms with Gasteiger partial charge in [-0.15, -0.1) is 11.3 Å². The van der Waals surface area contributed by atoms with E-state index in [4.69, 9.17) is 16.3 Å². The molecule has 0 bridgehead atoms. The van der Waals surface area contributed by atoms with Gasteiger partial charge >= 0.3 is 0 Å². The number of nitrogens with one attached hydrogen (secondary N) is 1. The van der Waals surface area contributed by atoms with Crippen molar-refractivity contribution in [1.29, 1.82) is 0 Å². The van der Waals surface area contributed by atoms with E-state index in [1.807, 2.05) is 11.3 Å². The number of anilines is 1. The maximum atomic E-state index is 6.24. The molecular formula is C19H28ClN5OS. The molecule has 27 heavy (non-hydrogen) atoms. The van der Waals surface area contributed by atoms with E-state index in [1.165, 1.54) is 17.7 Å². The largest absolute Gasteiger partial charge is 0.378 e. The number of halogens is 1. The van der Waals surface area contributed by atoms with Crippen LogP contribution < -0.4 is 10.2 Å². The van der Waals surface area contributed by atoms with Crippen LogP contribution >= 0.6 is 22.9 Å². The number of likely N-dealkylation sites (N-methyl/N-ethyl adjacent to an activating group) is 1. The van der Waals surface area contributed by atoms with E-state index in [2.05, 4.69) is 45.2 Å². The lowest BCUT2D eigenvalue weighted by Gasteiger charge is -2.35. The lowest BCUT2D eigenvalue weighted by atomic mass is 9.87. The molecule has 0 aromatic carbocycles. The molecule has 148 valence electrons. The molecule has 0 saturated carbocycles. The number of rotatable bonds is 5. The molecule has 2 aliphatic heterocycles. The molecule has 4 rings (SSSR count). The molecule has 1 N–H and O–H groups in total. The molecule has 0 spiro atoms. The summed E-state index contributed by atoms with van der Waals surface area (Å²) in [7, 11) is 4.41. The lowest BCUT2D eigenvalue weighted by molar-refractivity contribution is 0.122. The molecule has 4 heterocycles. The van der Waals surface area contributed by atoms with Crippen molar-refractivity contribution in [2.24, 2.45) is 5.92 Å². The number of thiophene rings is 1. The highest BCUT2D eigenvalue weighted by molar-refractivity contribution is 7.19. The van der Waals surface area contributed by atoms with Gasteiger partial charge in [-0.05, 0) is 70.0 Å². The van der Waals surface area contributed by atoms with E-state index in [0.29, 0.717) is 11.3 Å². The van der Waals surface area contributed by atoms with Crippen molar-refractivity contribution < 1.29 is 4.74 Å². The number of morpholine rings is 1. The standard InChI is InChI=1S/C19H28ClN5OS/c1-24(2)16(13-3-5-21-6-4-13)12-14-11-15-17(27-14)18(23-19(20)22-15)25-7-9-26-10-8-25/h11,13,16,21H,3-10,12H2,1-2H3. The molecule has 2 aromatic rings. The van der Waals surface area contributed by atoms with E-state index in [1.54, 1.807) is 0 Å². The molecule has 6 nitrogen and oxygen atoms in total. The fraction of sp³-hybridized carbons (Fsp3) is 0.684. The van der Waals surface area contributed by atoms with Gasteiger partial charge in [0.25, 0.3) is 0 Å². The number of hydrogen-bond donors (Lipinski definition) is 1. The third kappa shape index (κ3) is 4.38. The fourth-order valence-corrected chi connectivity index (χ4v) is 5.57. The highest BCUT2D eigenvalue weighted by atomic mass is 35.5. The van der Waals surface area contributed by atoms with Crippen molar-refractivity contribution in [2.75, 3.05) is 58.4 Å². The van der Waals surface area contributed by atoms with Crippen molar-refractivity contribution in [1.82, 2.24) is 20.2 Å². The van der Waals surface area contributed by atoms with Gasteiger partial charge in [0.15, 0.2) is 5.82 Å². The number of ether oxygens (including phenoxy) is 1. The van der Waals surface area contributed by atoms with Gasteiger partial charge in [0.05, 0.1) is 23.4 Å². The molecule has 2 aliphatic rings. The molecule has 1 unspecified atom stereocenters. The Morgan fingerprint density at radius 1 is 1.30 bits per heavy atom. The second-order valence-corrected chi connectivity index (χ2v) is 9.14. The lowest BCUT2D eigenvalue weighted by Crippen LogP contribution is -2.42. The van der Waals surface area contributed by atoms with Crippen LogP contribution in [0.4, 0.5) is 5.82 Å². The predicted octanol–water partition coefficient (Wildman–Crippen LogP) is 2.65. The first-order valence-electron chi connectivity index (χ1n) is 9.77. The van der Waals surface area contributed by atoms with Gasteiger partial charge < -0.3 is 19.9 Å². The summed E-state index contributed by atoms with van der Waals surface area (Å²) in [5.41, 5.74) is 0.972. The Labute approximate surface area is 169 Å². The molecule has 0 aliphatic carbocycles. The first kappa shape index (κ1) is 19.3. The van der Waals surface area contributed by atoms with Crippen LogP contribution in [0.1, 0.15) is 17.7 Å². The van der Waals surface area contributed by atoms with Crippen molar-refractivity contribution in [3.8, 4) is 0 Å². The first-order chi connectivity index (χ1) is 13.1. The normalized spacial score (nSPS) is 20.5. The third-order valence-corrected chi connectivity index (χ3v) is 7.00. The van der Waals surface area contributed by atoms with E-state index >= 15 is 0 Å². The van der Waals surface area contributed by atoms with E-state index in [-0.39, 0.29) is 0 Å². The van der Waals surface area contributed by atoms with E-state index in [9.17, 15) is 0 Å². The Hall–Kier alpha value is -0.990. The smallest absolute Gasteiger partial charge is 0.224 e. The quantitative estimate of drug-likeness (QED) is 0.766. The fourth-order valence-electron chi connectivity index (χ4n) is 4.23. The molecular weight excluding hydrogens is 382 g/mol. The minimum atomic E-state index is 0.329. The second-order valence-electron chi connectivity index (χ2n) is 7.67. The average molecular weight is 410 g/mol. The van der Waals surface area contributed by atoms with Crippen LogP contribution in [-0.4, -0.2) is 74.4 Å². The predicted molar refractivity (Wildman–Crippen MR) is 112 cm³/mol. The molecule has 0 radical (unpaired) electrons. The van der Waals surface area contributed by atoms with Crippen LogP contribution in [-0.2, 0) is 11.2 Å².